The molecule has 0 amide bonds. The van der Waals surface area contributed by atoms with Crippen molar-refractivity contribution in [2.75, 3.05) is 0 Å². The van der Waals surface area contributed by atoms with Crippen molar-refractivity contribution in [3.8, 4) is 0 Å². The first-order chi connectivity index (χ1) is 21.8. The van der Waals surface area contributed by atoms with Gasteiger partial charge in [0.15, 0.2) is 0 Å². The van der Waals surface area contributed by atoms with Crippen LogP contribution in [0.2, 0.25) is 0 Å². The lowest BCUT2D eigenvalue weighted by molar-refractivity contribution is -0.704. The van der Waals surface area contributed by atoms with E-state index >= 15 is 0 Å². The quantitative estimate of drug-likeness (QED) is 0.0524. The zero-order chi connectivity index (χ0) is 31.6. The van der Waals surface area contributed by atoms with Gasteiger partial charge in [-0.15, -0.1) is 0 Å². The Balaban J connectivity index is 2.15. The molecule has 0 aliphatic heterocycles. The van der Waals surface area contributed by atoms with E-state index in [4.69, 9.17) is 0 Å². The fraction of sp³-hybridized carbons (Fsp3) is 0.929. The second-order valence-corrected chi connectivity index (χ2v) is 14.5. The molecule has 1 aromatic rings. The number of aromatic nitrogens is 2. The standard InChI is InChI=1S/C42H83N2/c1-4-7-10-13-15-17-19-20-21-22-23-24-26-28-30-33-36-39-44-41-40-43(42(44)37-34-31-12-9-6-3)38-35-32-29-27-25-18-16-14-11-8-5-2/h40-41H,4-39H2,1-3H3/q+1. The number of aryl methyl sites for hydroxylation is 2. The van der Waals surface area contributed by atoms with Crippen LogP contribution in [-0.2, 0) is 19.5 Å². The Bertz CT molecular complexity index is 677. The first-order valence-corrected chi connectivity index (χ1v) is 20.9. The average molecular weight is 616 g/mol. The molecule has 0 bridgehead atoms. The maximum atomic E-state index is 2.63. The van der Waals surface area contributed by atoms with Crippen LogP contribution in [0.4, 0.5) is 0 Å². The van der Waals surface area contributed by atoms with Crippen molar-refractivity contribution < 1.29 is 4.57 Å². The SMILES string of the molecule is CCCCCCCCCCCCCCCCCCCn1cc[n+](CCCCCCCCCCCCC)c1CCCCCCC. The Morgan fingerprint density at radius 2 is 0.705 bits per heavy atom. The molecule has 0 spiro atoms. The Hall–Kier alpha value is -0.790. The molecule has 260 valence electrons. The summed E-state index contributed by atoms with van der Waals surface area (Å²) in [4.78, 5) is 0. The molecule has 0 atom stereocenters. The summed E-state index contributed by atoms with van der Waals surface area (Å²) in [5, 5.41) is 0. The molecule has 2 heteroatoms. The van der Waals surface area contributed by atoms with Gasteiger partial charge in [0.1, 0.15) is 12.4 Å². The highest BCUT2D eigenvalue weighted by Gasteiger charge is 2.16. The van der Waals surface area contributed by atoms with E-state index in [0.717, 1.165) is 0 Å². The van der Waals surface area contributed by atoms with Gasteiger partial charge in [0.05, 0.1) is 13.1 Å². The lowest BCUT2D eigenvalue weighted by Crippen LogP contribution is -2.37. The van der Waals surface area contributed by atoms with E-state index < -0.39 is 0 Å². The van der Waals surface area contributed by atoms with Crippen LogP contribution in [0.25, 0.3) is 0 Å². The highest BCUT2D eigenvalue weighted by molar-refractivity contribution is 4.84. The van der Waals surface area contributed by atoms with Gasteiger partial charge in [-0.1, -0.05) is 201 Å². The molecule has 0 fully saturated rings. The van der Waals surface area contributed by atoms with Crippen molar-refractivity contribution in [3.63, 3.8) is 0 Å². The Morgan fingerprint density at radius 3 is 1.09 bits per heavy atom. The molecule has 1 aromatic heterocycles. The highest BCUT2D eigenvalue weighted by atomic mass is 15.1. The molecule has 1 rings (SSSR count). The normalized spacial score (nSPS) is 11.6. The number of nitrogens with zero attached hydrogens (tertiary/aromatic N) is 2. The van der Waals surface area contributed by atoms with Crippen molar-refractivity contribution in [2.45, 2.75) is 252 Å². The molecule has 1 heterocycles. The van der Waals surface area contributed by atoms with Crippen molar-refractivity contribution in [2.24, 2.45) is 0 Å². The van der Waals surface area contributed by atoms with E-state index in [9.17, 15) is 0 Å². The molecule has 44 heavy (non-hydrogen) atoms. The van der Waals surface area contributed by atoms with Gasteiger partial charge in [-0.25, -0.2) is 9.13 Å². The molecule has 0 aliphatic carbocycles. The Morgan fingerprint density at radius 1 is 0.386 bits per heavy atom. The second kappa shape index (κ2) is 33.6. The summed E-state index contributed by atoms with van der Waals surface area (Å²) < 4.78 is 5.25. The van der Waals surface area contributed by atoms with E-state index in [1.54, 1.807) is 5.82 Å². The number of hydrogen-bond acceptors (Lipinski definition) is 0. The predicted molar refractivity (Wildman–Crippen MR) is 198 cm³/mol. The zero-order valence-electron chi connectivity index (χ0n) is 31.0. The van der Waals surface area contributed by atoms with Crippen LogP contribution in [0, 0.1) is 0 Å². The van der Waals surface area contributed by atoms with Crippen LogP contribution in [0.1, 0.15) is 238 Å². The largest absolute Gasteiger partial charge is 0.256 e. The molecule has 0 N–H and O–H groups in total. The minimum Gasteiger partial charge on any atom is -0.234 e. The van der Waals surface area contributed by atoms with Gasteiger partial charge >= 0.3 is 0 Å². The van der Waals surface area contributed by atoms with E-state index in [-0.39, 0.29) is 0 Å². The van der Waals surface area contributed by atoms with Crippen molar-refractivity contribution >= 4 is 0 Å². The fourth-order valence-corrected chi connectivity index (χ4v) is 7.03. The van der Waals surface area contributed by atoms with Gasteiger partial charge < -0.3 is 0 Å². The number of unbranched alkanes of at least 4 members (excludes halogenated alkanes) is 30. The third-order valence-corrected chi connectivity index (χ3v) is 10.1. The number of hydrogen-bond donors (Lipinski definition) is 0. The Kier molecular flexibility index (Phi) is 31.5. The second-order valence-electron chi connectivity index (χ2n) is 14.5. The summed E-state index contributed by atoms with van der Waals surface area (Å²) in [6.45, 7) is 9.41. The summed E-state index contributed by atoms with van der Waals surface area (Å²) in [7, 11) is 0. The maximum absolute atomic E-state index is 2.63. The van der Waals surface area contributed by atoms with Gasteiger partial charge in [-0.05, 0) is 32.1 Å². The van der Waals surface area contributed by atoms with E-state index in [1.165, 1.54) is 231 Å². The third-order valence-electron chi connectivity index (χ3n) is 10.1. The van der Waals surface area contributed by atoms with E-state index in [0.29, 0.717) is 0 Å². The molecule has 0 aromatic carbocycles. The first-order valence-electron chi connectivity index (χ1n) is 20.9. The van der Waals surface area contributed by atoms with Crippen LogP contribution in [0.15, 0.2) is 12.4 Å². The molecule has 2 nitrogen and oxygen atoms in total. The summed E-state index contributed by atoms with van der Waals surface area (Å²) in [5.74, 6) is 1.62. The fourth-order valence-electron chi connectivity index (χ4n) is 7.03. The summed E-state index contributed by atoms with van der Waals surface area (Å²) in [6.07, 6.45) is 53.4. The van der Waals surface area contributed by atoms with Crippen molar-refractivity contribution in [3.05, 3.63) is 18.2 Å². The molecular weight excluding hydrogens is 532 g/mol. The first kappa shape index (κ1) is 41.2. The van der Waals surface area contributed by atoms with Crippen LogP contribution in [0.3, 0.4) is 0 Å². The van der Waals surface area contributed by atoms with Crippen LogP contribution in [0.5, 0.6) is 0 Å². The Labute approximate surface area is 279 Å². The number of imidazole rings is 1. The van der Waals surface area contributed by atoms with Crippen LogP contribution < -0.4 is 4.57 Å². The predicted octanol–water partition coefficient (Wildman–Crippen LogP) is 14.3. The smallest absolute Gasteiger partial charge is 0.234 e. The van der Waals surface area contributed by atoms with Gasteiger partial charge in [0.25, 0.3) is 5.82 Å². The topological polar surface area (TPSA) is 8.81 Å². The molecular formula is C42H83N2+. The van der Waals surface area contributed by atoms with Crippen LogP contribution >= 0.6 is 0 Å². The minimum absolute atomic E-state index is 1.23. The van der Waals surface area contributed by atoms with Gasteiger partial charge in [-0.3, -0.25) is 0 Å². The molecule has 0 radical (unpaired) electrons. The summed E-state index contributed by atoms with van der Waals surface area (Å²) in [5.41, 5.74) is 0. The summed E-state index contributed by atoms with van der Waals surface area (Å²) in [6, 6.07) is 0. The third kappa shape index (κ3) is 25.4. The zero-order valence-corrected chi connectivity index (χ0v) is 31.0. The highest BCUT2D eigenvalue weighted by Crippen LogP contribution is 2.16. The van der Waals surface area contributed by atoms with Crippen molar-refractivity contribution in [1.29, 1.82) is 0 Å². The number of rotatable bonds is 36. The minimum atomic E-state index is 1.23. The van der Waals surface area contributed by atoms with E-state index in [2.05, 4.69) is 42.3 Å². The van der Waals surface area contributed by atoms with Gasteiger partial charge in [0, 0.05) is 6.42 Å². The maximum Gasteiger partial charge on any atom is 0.256 e. The lowest BCUT2D eigenvalue weighted by Gasteiger charge is -2.07. The average Bonchev–Trinajstić information content (AvgIpc) is 3.42. The van der Waals surface area contributed by atoms with Gasteiger partial charge in [-0.2, -0.15) is 0 Å². The lowest BCUT2D eigenvalue weighted by atomic mass is 10.0. The molecule has 0 saturated heterocycles. The van der Waals surface area contributed by atoms with Crippen LogP contribution in [-0.4, -0.2) is 4.57 Å². The van der Waals surface area contributed by atoms with Crippen molar-refractivity contribution in [1.82, 2.24) is 4.57 Å². The summed E-state index contributed by atoms with van der Waals surface area (Å²) >= 11 is 0. The molecule has 0 unspecified atom stereocenters. The van der Waals surface area contributed by atoms with E-state index in [1.807, 2.05) is 0 Å². The molecule has 0 saturated carbocycles. The molecule has 0 aliphatic rings. The monoisotopic (exact) mass is 616 g/mol. The van der Waals surface area contributed by atoms with Gasteiger partial charge in [0.2, 0.25) is 0 Å².